The van der Waals surface area contributed by atoms with Gasteiger partial charge in [0.05, 0.1) is 12.2 Å². The summed E-state index contributed by atoms with van der Waals surface area (Å²) >= 11 is 0. The summed E-state index contributed by atoms with van der Waals surface area (Å²) in [7, 11) is 0. The molecule has 5 heteroatoms. The van der Waals surface area contributed by atoms with Crippen LogP contribution >= 0.6 is 0 Å². The van der Waals surface area contributed by atoms with Gasteiger partial charge in [-0.3, -0.25) is 0 Å². The summed E-state index contributed by atoms with van der Waals surface area (Å²) < 4.78 is 32.4. The van der Waals surface area contributed by atoms with E-state index in [2.05, 4.69) is 5.16 Å². The lowest BCUT2D eigenvalue weighted by Gasteiger charge is -2.03. The SMILES string of the molecule is OCc1c(-c2cc(F)ccc2F)noc1-c1ccccc1. The van der Waals surface area contributed by atoms with Gasteiger partial charge in [0.1, 0.15) is 17.3 Å². The third-order valence-corrected chi connectivity index (χ3v) is 3.17. The third kappa shape index (κ3) is 2.43. The van der Waals surface area contributed by atoms with Crippen LogP contribution in [-0.2, 0) is 6.61 Å². The number of halogens is 2. The summed E-state index contributed by atoms with van der Waals surface area (Å²) in [5.74, 6) is -0.865. The molecule has 1 heterocycles. The molecule has 1 aromatic heterocycles. The van der Waals surface area contributed by atoms with Gasteiger partial charge in [-0.05, 0) is 18.2 Å². The van der Waals surface area contributed by atoms with Gasteiger partial charge in [0.2, 0.25) is 0 Å². The summed E-state index contributed by atoms with van der Waals surface area (Å²) in [6.45, 7) is -0.390. The van der Waals surface area contributed by atoms with Crippen LogP contribution in [-0.4, -0.2) is 10.3 Å². The lowest BCUT2D eigenvalue weighted by Crippen LogP contribution is -1.92. The Morgan fingerprint density at radius 3 is 2.52 bits per heavy atom. The van der Waals surface area contributed by atoms with E-state index in [0.29, 0.717) is 16.9 Å². The maximum absolute atomic E-state index is 13.9. The molecule has 0 amide bonds. The molecule has 0 bridgehead atoms. The maximum Gasteiger partial charge on any atom is 0.173 e. The summed E-state index contributed by atoms with van der Waals surface area (Å²) in [5, 5.41) is 13.3. The molecule has 1 N–H and O–H groups in total. The first kappa shape index (κ1) is 13.5. The van der Waals surface area contributed by atoms with Gasteiger partial charge in [-0.25, -0.2) is 8.78 Å². The second-order valence-electron chi connectivity index (χ2n) is 4.49. The number of aromatic nitrogens is 1. The lowest BCUT2D eigenvalue weighted by atomic mass is 10.0. The van der Waals surface area contributed by atoms with Gasteiger partial charge >= 0.3 is 0 Å². The number of aliphatic hydroxyl groups is 1. The van der Waals surface area contributed by atoms with Gasteiger partial charge in [0.15, 0.2) is 5.76 Å². The highest BCUT2D eigenvalue weighted by Gasteiger charge is 2.20. The first-order chi connectivity index (χ1) is 10.2. The van der Waals surface area contributed by atoms with E-state index in [1.807, 2.05) is 6.07 Å². The van der Waals surface area contributed by atoms with Crippen molar-refractivity contribution in [2.24, 2.45) is 0 Å². The first-order valence-corrected chi connectivity index (χ1v) is 6.31. The molecule has 3 rings (SSSR count). The Morgan fingerprint density at radius 2 is 1.81 bits per heavy atom. The molecule has 3 nitrogen and oxygen atoms in total. The second-order valence-corrected chi connectivity index (χ2v) is 4.49. The van der Waals surface area contributed by atoms with Gasteiger partial charge in [0, 0.05) is 11.1 Å². The molecule has 0 fully saturated rings. The highest BCUT2D eigenvalue weighted by Crippen LogP contribution is 2.33. The Labute approximate surface area is 119 Å². The van der Waals surface area contributed by atoms with Gasteiger partial charge < -0.3 is 9.63 Å². The van der Waals surface area contributed by atoms with Crippen molar-refractivity contribution >= 4 is 0 Å². The number of hydrogen-bond acceptors (Lipinski definition) is 3. The molecule has 0 unspecified atom stereocenters. The first-order valence-electron chi connectivity index (χ1n) is 6.31. The minimum atomic E-state index is -0.626. The Bertz CT molecular complexity index is 769. The van der Waals surface area contributed by atoms with Crippen molar-refractivity contribution in [2.45, 2.75) is 6.61 Å². The van der Waals surface area contributed by atoms with E-state index >= 15 is 0 Å². The molecule has 0 saturated carbocycles. The van der Waals surface area contributed by atoms with Gasteiger partial charge in [-0.15, -0.1) is 0 Å². The van der Waals surface area contributed by atoms with E-state index in [1.54, 1.807) is 24.3 Å². The fourth-order valence-corrected chi connectivity index (χ4v) is 2.16. The zero-order valence-electron chi connectivity index (χ0n) is 10.9. The van der Waals surface area contributed by atoms with Crippen molar-refractivity contribution in [2.75, 3.05) is 0 Å². The molecule has 0 aliphatic rings. The number of benzene rings is 2. The number of nitrogens with zero attached hydrogens (tertiary/aromatic N) is 1. The van der Waals surface area contributed by atoms with Crippen LogP contribution in [0, 0.1) is 11.6 Å². The van der Waals surface area contributed by atoms with Crippen LogP contribution in [0.1, 0.15) is 5.56 Å². The van der Waals surface area contributed by atoms with Crippen molar-refractivity contribution in [1.29, 1.82) is 0 Å². The standard InChI is InChI=1S/C16H11F2NO2/c17-11-6-7-14(18)12(8-11)15-13(9-20)16(21-19-15)10-4-2-1-3-5-10/h1-8,20H,9H2. The molecular formula is C16H11F2NO2. The van der Waals surface area contributed by atoms with E-state index in [0.717, 1.165) is 18.2 Å². The molecule has 2 aromatic carbocycles. The Kier molecular flexibility index (Phi) is 3.50. The lowest BCUT2D eigenvalue weighted by molar-refractivity contribution is 0.281. The quantitative estimate of drug-likeness (QED) is 0.797. The smallest absolute Gasteiger partial charge is 0.173 e. The van der Waals surface area contributed by atoms with Crippen LogP contribution in [0.4, 0.5) is 8.78 Å². The molecule has 3 aromatic rings. The van der Waals surface area contributed by atoms with Crippen molar-refractivity contribution in [1.82, 2.24) is 5.16 Å². The van der Waals surface area contributed by atoms with Crippen LogP contribution in [0.3, 0.4) is 0 Å². The van der Waals surface area contributed by atoms with Crippen LogP contribution in [0.25, 0.3) is 22.6 Å². The van der Waals surface area contributed by atoms with E-state index in [9.17, 15) is 13.9 Å². The predicted octanol–water partition coefficient (Wildman–Crippen LogP) is 3.78. The summed E-state index contributed by atoms with van der Waals surface area (Å²) in [6, 6.07) is 12.1. The fraction of sp³-hybridized carbons (Fsp3) is 0.0625. The highest BCUT2D eigenvalue weighted by atomic mass is 19.1. The zero-order chi connectivity index (χ0) is 14.8. The molecule has 0 aliphatic heterocycles. The summed E-state index contributed by atoms with van der Waals surface area (Å²) in [5.41, 5.74) is 1.10. The van der Waals surface area contributed by atoms with Crippen molar-refractivity contribution in [3.8, 4) is 22.6 Å². The van der Waals surface area contributed by atoms with Crippen LogP contribution in [0.5, 0.6) is 0 Å². The number of rotatable bonds is 3. The molecular weight excluding hydrogens is 276 g/mol. The zero-order valence-corrected chi connectivity index (χ0v) is 10.9. The fourth-order valence-electron chi connectivity index (χ4n) is 2.16. The Balaban J connectivity index is 2.17. The van der Waals surface area contributed by atoms with E-state index in [-0.39, 0.29) is 17.9 Å². The molecule has 106 valence electrons. The molecule has 0 radical (unpaired) electrons. The average molecular weight is 287 g/mol. The van der Waals surface area contributed by atoms with Crippen LogP contribution in [0.15, 0.2) is 53.1 Å². The largest absolute Gasteiger partial charge is 0.391 e. The molecule has 21 heavy (non-hydrogen) atoms. The normalized spacial score (nSPS) is 10.8. The van der Waals surface area contributed by atoms with E-state index in [4.69, 9.17) is 4.52 Å². The van der Waals surface area contributed by atoms with Gasteiger partial charge in [-0.2, -0.15) is 0 Å². The predicted molar refractivity (Wildman–Crippen MR) is 73.2 cm³/mol. The Hall–Kier alpha value is -2.53. The van der Waals surface area contributed by atoms with E-state index in [1.165, 1.54) is 0 Å². The van der Waals surface area contributed by atoms with E-state index < -0.39 is 11.6 Å². The molecule has 0 saturated heterocycles. The third-order valence-electron chi connectivity index (χ3n) is 3.17. The van der Waals surface area contributed by atoms with Gasteiger partial charge in [0.25, 0.3) is 0 Å². The molecule has 0 atom stereocenters. The van der Waals surface area contributed by atoms with Crippen molar-refractivity contribution < 1.29 is 18.4 Å². The van der Waals surface area contributed by atoms with Crippen LogP contribution in [0.2, 0.25) is 0 Å². The highest BCUT2D eigenvalue weighted by molar-refractivity contribution is 5.72. The Morgan fingerprint density at radius 1 is 1.05 bits per heavy atom. The maximum atomic E-state index is 13.9. The minimum Gasteiger partial charge on any atom is -0.391 e. The van der Waals surface area contributed by atoms with Crippen molar-refractivity contribution in [3.05, 3.63) is 65.7 Å². The molecule has 0 spiro atoms. The monoisotopic (exact) mass is 287 g/mol. The van der Waals surface area contributed by atoms with Crippen molar-refractivity contribution in [3.63, 3.8) is 0 Å². The van der Waals surface area contributed by atoms with Gasteiger partial charge in [-0.1, -0.05) is 35.5 Å². The summed E-state index contributed by atoms with van der Waals surface area (Å²) in [4.78, 5) is 0. The van der Waals surface area contributed by atoms with Crippen LogP contribution < -0.4 is 0 Å². The second kappa shape index (κ2) is 5.46. The number of aliphatic hydroxyl groups excluding tert-OH is 1. The minimum absolute atomic E-state index is 0.0371. The topological polar surface area (TPSA) is 46.3 Å². The average Bonchev–Trinajstić information content (AvgIpc) is 2.94. The summed E-state index contributed by atoms with van der Waals surface area (Å²) in [6.07, 6.45) is 0. The number of hydrogen-bond donors (Lipinski definition) is 1. The molecule has 0 aliphatic carbocycles.